The highest BCUT2D eigenvalue weighted by Gasteiger charge is 2.07. The number of fused-ring (bicyclic) bond motifs is 1. The molecular formula is C11H8N2OS3. The molecule has 86 valence electrons. The molecule has 3 aromatic rings. The molecule has 0 saturated heterocycles. The predicted molar refractivity (Wildman–Crippen MR) is 74.7 cm³/mol. The lowest BCUT2D eigenvalue weighted by molar-refractivity contribution is 0.738. The summed E-state index contributed by atoms with van der Waals surface area (Å²) in [6.45, 7) is 0.533. The second-order valence-electron chi connectivity index (χ2n) is 3.62. The number of rotatable bonds is 2. The summed E-state index contributed by atoms with van der Waals surface area (Å²) in [4.78, 5) is 15.3. The fourth-order valence-corrected chi connectivity index (χ4v) is 3.39. The molecule has 0 spiro atoms. The molecule has 0 aliphatic rings. The zero-order chi connectivity index (χ0) is 11.8. The number of H-pyrrole nitrogens is 1. The lowest BCUT2D eigenvalue weighted by atomic mass is 10.3. The lowest BCUT2D eigenvalue weighted by Crippen LogP contribution is -2.21. The summed E-state index contributed by atoms with van der Waals surface area (Å²) in [5, 5.41) is 5.92. The Morgan fingerprint density at radius 2 is 2.24 bits per heavy atom. The zero-order valence-electron chi connectivity index (χ0n) is 8.67. The molecule has 0 unspecified atom stereocenters. The van der Waals surface area contributed by atoms with Gasteiger partial charge in [0.05, 0.1) is 12.1 Å². The van der Waals surface area contributed by atoms with Crippen molar-refractivity contribution in [3.05, 3.63) is 49.0 Å². The zero-order valence-corrected chi connectivity index (χ0v) is 11.1. The van der Waals surface area contributed by atoms with Gasteiger partial charge in [0.25, 0.3) is 5.56 Å². The van der Waals surface area contributed by atoms with Crippen LogP contribution in [0.1, 0.15) is 5.56 Å². The number of aromatic nitrogens is 2. The van der Waals surface area contributed by atoms with Crippen LogP contribution in [0.25, 0.3) is 10.2 Å². The van der Waals surface area contributed by atoms with Gasteiger partial charge in [-0.1, -0.05) is 0 Å². The highest BCUT2D eigenvalue weighted by Crippen LogP contribution is 2.15. The van der Waals surface area contributed by atoms with Crippen LogP contribution in [0.15, 0.2) is 33.1 Å². The summed E-state index contributed by atoms with van der Waals surface area (Å²) in [5.74, 6) is 0. The van der Waals surface area contributed by atoms with Crippen LogP contribution in [-0.2, 0) is 6.54 Å². The van der Waals surface area contributed by atoms with Gasteiger partial charge in [0.15, 0.2) is 4.77 Å². The molecule has 3 heterocycles. The third-order valence-electron chi connectivity index (χ3n) is 2.51. The first kappa shape index (κ1) is 10.9. The minimum atomic E-state index is -0.00931. The Labute approximate surface area is 110 Å². The summed E-state index contributed by atoms with van der Waals surface area (Å²) >= 11 is 8.28. The maximum absolute atomic E-state index is 12.2. The predicted octanol–water partition coefficient (Wildman–Crippen LogP) is 3.23. The number of nitrogens with one attached hydrogen (secondary N) is 1. The highest BCUT2D eigenvalue weighted by molar-refractivity contribution is 7.71. The van der Waals surface area contributed by atoms with Crippen LogP contribution in [0.5, 0.6) is 0 Å². The van der Waals surface area contributed by atoms with Gasteiger partial charge < -0.3 is 4.98 Å². The van der Waals surface area contributed by atoms with Crippen LogP contribution in [0, 0.1) is 4.77 Å². The minimum absolute atomic E-state index is 0.00931. The van der Waals surface area contributed by atoms with Crippen molar-refractivity contribution in [3.63, 3.8) is 0 Å². The van der Waals surface area contributed by atoms with Crippen molar-refractivity contribution in [2.75, 3.05) is 0 Å². The maximum Gasteiger partial charge on any atom is 0.272 e. The number of hydrogen-bond donors (Lipinski definition) is 1. The van der Waals surface area contributed by atoms with E-state index in [0.717, 1.165) is 15.8 Å². The van der Waals surface area contributed by atoms with Gasteiger partial charge in [0.2, 0.25) is 0 Å². The minimum Gasteiger partial charge on any atom is -0.331 e. The molecule has 3 rings (SSSR count). The Morgan fingerprint density at radius 1 is 1.35 bits per heavy atom. The molecule has 0 radical (unpaired) electrons. The standard InChI is InChI=1S/C11H8N2OS3/c14-10-9-8(2-4-17-9)12-11(15)13(10)5-7-1-3-16-6-7/h1-4,6H,5H2,(H,12,15). The summed E-state index contributed by atoms with van der Waals surface area (Å²) in [5.41, 5.74) is 1.92. The molecular weight excluding hydrogens is 272 g/mol. The Kier molecular flexibility index (Phi) is 2.70. The largest absolute Gasteiger partial charge is 0.331 e. The molecule has 6 heteroatoms. The van der Waals surface area contributed by atoms with Crippen LogP contribution in [-0.4, -0.2) is 9.55 Å². The van der Waals surface area contributed by atoms with E-state index in [-0.39, 0.29) is 5.56 Å². The second-order valence-corrected chi connectivity index (χ2v) is 5.70. The quantitative estimate of drug-likeness (QED) is 0.732. The van der Waals surface area contributed by atoms with Crippen molar-refractivity contribution >= 4 is 45.1 Å². The average molecular weight is 280 g/mol. The molecule has 17 heavy (non-hydrogen) atoms. The van der Waals surface area contributed by atoms with Gasteiger partial charge in [-0.2, -0.15) is 11.3 Å². The molecule has 1 N–H and O–H groups in total. The Morgan fingerprint density at radius 3 is 3.00 bits per heavy atom. The van der Waals surface area contributed by atoms with Gasteiger partial charge in [-0.25, -0.2) is 0 Å². The first-order chi connectivity index (χ1) is 8.25. The molecule has 3 nitrogen and oxygen atoms in total. The first-order valence-corrected chi connectivity index (χ1v) is 7.20. The van der Waals surface area contributed by atoms with Crippen molar-refractivity contribution in [3.8, 4) is 0 Å². The maximum atomic E-state index is 12.2. The summed E-state index contributed by atoms with van der Waals surface area (Å²) in [6, 6.07) is 3.89. The average Bonchev–Trinajstić information content (AvgIpc) is 2.94. The Bertz CT molecular complexity index is 764. The van der Waals surface area contributed by atoms with Crippen molar-refractivity contribution in [2.45, 2.75) is 6.54 Å². The highest BCUT2D eigenvalue weighted by atomic mass is 32.1. The van der Waals surface area contributed by atoms with E-state index in [1.807, 2.05) is 28.3 Å². The van der Waals surface area contributed by atoms with Gasteiger partial charge in [-0.15, -0.1) is 11.3 Å². The molecule has 0 aliphatic carbocycles. The second kappa shape index (κ2) is 4.21. The topological polar surface area (TPSA) is 37.8 Å². The Hall–Kier alpha value is -1.24. The third-order valence-corrected chi connectivity index (χ3v) is 4.47. The van der Waals surface area contributed by atoms with E-state index in [1.165, 1.54) is 11.3 Å². The Balaban J connectivity index is 2.22. The smallest absolute Gasteiger partial charge is 0.272 e. The van der Waals surface area contributed by atoms with Crippen molar-refractivity contribution < 1.29 is 0 Å². The van der Waals surface area contributed by atoms with Gasteiger partial charge in [-0.05, 0) is 46.1 Å². The van der Waals surface area contributed by atoms with Gasteiger partial charge in [-0.3, -0.25) is 9.36 Å². The molecule has 0 amide bonds. The monoisotopic (exact) mass is 280 g/mol. The first-order valence-electron chi connectivity index (χ1n) is 4.97. The molecule has 0 atom stereocenters. The molecule has 0 bridgehead atoms. The summed E-state index contributed by atoms with van der Waals surface area (Å²) < 4.78 is 2.82. The van der Waals surface area contributed by atoms with Crippen LogP contribution < -0.4 is 5.56 Å². The van der Waals surface area contributed by atoms with Gasteiger partial charge in [0, 0.05) is 0 Å². The van der Waals surface area contributed by atoms with Crippen molar-refractivity contribution in [1.82, 2.24) is 9.55 Å². The van der Waals surface area contributed by atoms with Crippen LogP contribution >= 0.6 is 34.9 Å². The van der Waals surface area contributed by atoms with Gasteiger partial charge >= 0.3 is 0 Å². The van der Waals surface area contributed by atoms with E-state index in [2.05, 4.69) is 4.98 Å². The van der Waals surface area contributed by atoms with E-state index < -0.39 is 0 Å². The van der Waals surface area contributed by atoms with Gasteiger partial charge in [0.1, 0.15) is 4.70 Å². The number of thiophene rings is 2. The third kappa shape index (κ3) is 1.88. The number of hydrogen-bond acceptors (Lipinski definition) is 4. The fraction of sp³-hybridized carbons (Fsp3) is 0.0909. The van der Waals surface area contributed by atoms with E-state index >= 15 is 0 Å². The SMILES string of the molecule is O=c1c2sccc2[nH]c(=S)n1Cc1ccsc1. The number of aromatic amines is 1. The van der Waals surface area contributed by atoms with Crippen LogP contribution in [0.3, 0.4) is 0 Å². The van der Waals surface area contributed by atoms with E-state index in [4.69, 9.17) is 12.2 Å². The van der Waals surface area contributed by atoms with E-state index in [1.54, 1.807) is 15.9 Å². The molecule has 3 aromatic heterocycles. The molecule has 0 fully saturated rings. The fourth-order valence-electron chi connectivity index (χ4n) is 1.68. The van der Waals surface area contributed by atoms with E-state index in [9.17, 15) is 4.79 Å². The molecule has 0 aromatic carbocycles. The lowest BCUT2D eigenvalue weighted by Gasteiger charge is -2.04. The van der Waals surface area contributed by atoms with E-state index in [0.29, 0.717) is 11.3 Å². The van der Waals surface area contributed by atoms with Crippen molar-refractivity contribution in [2.24, 2.45) is 0 Å². The summed E-state index contributed by atoms with van der Waals surface area (Å²) in [7, 11) is 0. The summed E-state index contributed by atoms with van der Waals surface area (Å²) in [6.07, 6.45) is 0. The molecule has 0 saturated carbocycles. The van der Waals surface area contributed by atoms with Crippen LogP contribution in [0.2, 0.25) is 0 Å². The normalized spacial score (nSPS) is 11.1. The molecule has 0 aliphatic heterocycles. The number of nitrogens with zero attached hydrogens (tertiary/aromatic N) is 1. The van der Waals surface area contributed by atoms with Crippen molar-refractivity contribution in [1.29, 1.82) is 0 Å². The van der Waals surface area contributed by atoms with Crippen LogP contribution in [0.4, 0.5) is 0 Å².